The Balaban J connectivity index is 2.19. The van der Waals surface area contributed by atoms with Gasteiger partial charge in [-0.05, 0) is 26.7 Å². The Kier molecular flexibility index (Phi) is 1.99. The maximum Gasteiger partial charge on any atom is 0.0726 e. The molecular formula is C10H16N2. The predicted molar refractivity (Wildman–Crippen MR) is 52.3 cm³/mol. The van der Waals surface area contributed by atoms with E-state index in [-0.39, 0.29) is 0 Å². The molecule has 0 saturated heterocycles. The fraction of sp³-hybridized carbons (Fsp3) is 0.800. The summed E-state index contributed by atoms with van der Waals surface area (Å²) in [5.74, 6) is 0. The van der Waals surface area contributed by atoms with E-state index >= 15 is 0 Å². The number of hydrogen-bond acceptors (Lipinski definition) is 2. The lowest BCUT2D eigenvalue weighted by Gasteiger charge is -2.29. The van der Waals surface area contributed by atoms with E-state index in [4.69, 9.17) is 0 Å². The van der Waals surface area contributed by atoms with Gasteiger partial charge in [0.05, 0.1) is 23.5 Å². The zero-order valence-corrected chi connectivity index (χ0v) is 7.88. The van der Waals surface area contributed by atoms with E-state index in [9.17, 15) is 0 Å². The van der Waals surface area contributed by atoms with Gasteiger partial charge in [0.1, 0.15) is 0 Å². The number of fused-ring (bicyclic) bond motifs is 1. The van der Waals surface area contributed by atoms with Crippen LogP contribution >= 0.6 is 0 Å². The second-order valence-electron chi connectivity index (χ2n) is 3.85. The minimum atomic E-state index is 0.516. The predicted octanol–water partition coefficient (Wildman–Crippen LogP) is 2.23. The molecule has 0 amide bonds. The van der Waals surface area contributed by atoms with Gasteiger partial charge in [0.25, 0.3) is 0 Å². The van der Waals surface area contributed by atoms with Gasteiger partial charge in [0.2, 0.25) is 0 Å². The van der Waals surface area contributed by atoms with E-state index in [1.54, 1.807) is 0 Å². The zero-order chi connectivity index (χ0) is 8.55. The van der Waals surface area contributed by atoms with Crippen LogP contribution in [0.25, 0.3) is 0 Å². The summed E-state index contributed by atoms with van der Waals surface area (Å²) in [6.07, 6.45) is 5.18. The molecule has 1 heterocycles. The second kappa shape index (κ2) is 3.00. The Morgan fingerprint density at radius 3 is 1.75 bits per heavy atom. The van der Waals surface area contributed by atoms with Gasteiger partial charge in [-0.3, -0.25) is 9.98 Å². The van der Waals surface area contributed by atoms with Crippen LogP contribution in [-0.4, -0.2) is 23.5 Å². The molecule has 0 radical (unpaired) electrons. The highest BCUT2D eigenvalue weighted by Gasteiger charge is 2.27. The fourth-order valence-electron chi connectivity index (χ4n) is 2.08. The largest absolute Gasteiger partial charge is 0.283 e. The summed E-state index contributed by atoms with van der Waals surface area (Å²) < 4.78 is 0. The first-order valence-corrected chi connectivity index (χ1v) is 4.86. The van der Waals surface area contributed by atoms with Crippen molar-refractivity contribution in [2.24, 2.45) is 9.98 Å². The molecule has 0 aromatic rings. The van der Waals surface area contributed by atoms with Gasteiger partial charge in [0.15, 0.2) is 0 Å². The zero-order valence-electron chi connectivity index (χ0n) is 7.88. The summed E-state index contributed by atoms with van der Waals surface area (Å²) in [4.78, 5) is 9.34. The molecule has 66 valence electrons. The minimum absolute atomic E-state index is 0.516. The van der Waals surface area contributed by atoms with E-state index < -0.39 is 0 Å². The van der Waals surface area contributed by atoms with E-state index in [0.29, 0.717) is 12.1 Å². The van der Waals surface area contributed by atoms with E-state index in [1.165, 1.54) is 25.7 Å². The third-order valence-electron chi connectivity index (χ3n) is 2.94. The van der Waals surface area contributed by atoms with Crippen LogP contribution in [0.1, 0.15) is 39.5 Å². The Morgan fingerprint density at radius 1 is 0.917 bits per heavy atom. The lowest BCUT2D eigenvalue weighted by atomic mass is 9.89. The Labute approximate surface area is 73.8 Å². The van der Waals surface area contributed by atoms with Crippen LogP contribution in [0.5, 0.6) is 0 Å². The first-order chi connectivity index (χ1) is 5.77. The molecule has 2 rings (SSSR count). The third kappa shape index (κ3) is 1.30. The lowest BCUT2D eigenvalue weighted by molar-refractivity contribution is 0.385. The molecular weight excluding hydrogens is 148 g/mol. The van der Waals surface area contributed by atoms with Gasteiger partial charge in [-0.15, -0.1) is 0 Å². The van der Waals surface area contributed by atoms with Crippen molar-refractivity contribution in [3.8, 4) is 0 Å². The monoisotopic (exact) mass is 164 g/mol. The molecule has 0 aromatic carbocycles. The molecule has 1 aliphatic carbocycles. The van der Waals surface area contributed by atoms with Crippen LogP contribution in [0.4, 0.5) is 0 Å². The van der Waals surface area contributed by atoms with Crippen LogP contribution < -0.4 is 0 Å². The summed E-state index contributed by atoms with van der Waals surface area (Å²) in [7, 11) is 0. The summed E-state index contributed by atoms with van der Waals surface area (Å²) >= 11 is 0. The van der Waals surface area contributed by atoms with Gasteiger partial charge in [-0.1, -0.05) is 12.8 Å². The van der Waals surface area contributed by atoms with Crippen molar-refractivity contribution in [3.63, 3.8) is 0 Å². The van der Waals surface area contributed by atoms with Crippen LogP contribution in [0.2, 0.25) is 0 Å². The summed E-state index contributed by atoms with van der Waals surface area (Å²) in [6, 6.07) is 1.03. The van der Waals surface area contributed by atoms with Gasteiger partial charge >= 0.3 is 0 Å². The molecule has 1 fully saturated rings. The van der Waals surface area contributed by atoms with Crippen molar-refractivity contribution in [2.45, 2.75) is 51.6 Å². The van der Waals surface area contributed by atoms with Gasteiger partial charge in [0, 0.05) is 0 Å². The van der Waals surface area contributed by atoms with E-state index in [1.807, 2.05) is 0 Å². The highest BCUT2D eigenvalue weighted by Crippen LogP contribution is 2.26. The van der Waals surface area contributed by atoms with Crippen molar-refractivity contribution in [3.05, 3.63) is 0 Å². The number of aliphatic imine (C=N–C) groups is 2. The molecule has 2 nitrogen and oxygen atoms in total. The first-order valence-electron chi connectivity index (χ1n) is 4.86. The molecule has 0 unspecified atom stereocenters. The molecule has 2 atom stereocenters. The molecule has 2 aliphatic rings. The average Bonchev–Trinajstić information content (AvgIpc) is 2.07. The summed E-state index contributed by atoms with van der Waals surface area (Å²) in [5.41, 5.74) is 2.30. The normalized spacial score (nSPS) is 35.2. The molecule has 1 aliphatic heterocycles. The molecule has 1 saturated carbocycles. The molecule has 2 heteroatoms. The van der Waals surface area contributed by atoms with Crippen molar-refractivity contribution in [1.29, 1.82) is 0 Å². The fourth-order valence-corrected chi connectivity index (χ4v) is 2.08. The minimum Gasteiger partial charge on any atom is -0.283 e. The Hall–Kier alpha value is -0.660. The van der Waals surface area contributed by atoms with Crippen LogP contribution in [0.15, 0.2) is 9.98 Å². The van der Waals surface area contributed by atoms with Gasteiger partial charge < -0.3 is 0 Å². The summed E-state index contributed by atoms with van der Waals surface area (Å²) in [5, 5.41) is 0. The van der Waals surface area contributed by atoms with Crippen molar-refractivity contribution in [2.75, 3.05) is 0 Å². The third-order valence-corrected chi connectivity index (χ3v) is 2.94. The summed E-state index contributed by atoms with van der Waals surface area (Å²) in [6.45, 7) is 4.15. The maximum absolute atomic E-state index is 4.67. The Morgan fingerprint density at radius 2 is 1.33 bits per heavy atom. The average molecular weight is 164 g/mol. The highest BCUT2D eigenvalue weighted by molar-refractivity contribution is 6.41. The van der Waals surface area contributed by atoms with Crippen LogP contribution in [-0.2, 0) is 0 Å². The maximum atomic E-state index is 4.67. The standard InChI is InChI=1S/C10H16N2/c1-7-8(2)12-10-6-4-3-5-9(10)11-7/h9-10H,3-6H2,1-2H3/t9-,10-/m1/s1. The number of rotatable bonds is 0. The van der Waals surface area contributed by atoms with Gasteiger partial charge in [-0.25, -0.2) is 0 Å². The SMILES string of the molecule is CC1=N[C@@H]2CCCC[C@H]2N=C1C. The second-order valence-corrected chi connectivity index (χ2v) is 3.85. The smallest absolute Gasteiger partial charge is 0.0726 e. The van der Waals surface area contributed by atoms with Crippen molar-refractivity contribution < 1.29 is 0 Å². The van der Waals surface area contributed by atoms with Crippen LogP contribution in [0, 0.1) is 0 Å². The lowest BCUT2D eigenvalue weighted by Crippen LogP contribution is -2.33. The van der Waals surface area contributed by atoms with Crippen molar-refractivity contribution >= 4 is 11.4 Å². The van der Waals surface area contributed by atoms with Crippen LogP contribution in [0.3, 0.4) is 0 Å². The van der Waals surface area contributed by atoms with Gasteiger partial charge in [-0.2, -0.15) is 0 Å². The van der Waals surface area contributed by atoms with E-state index in [2.05, 4.69) is 23.8 Å². The first kappa shape index (κ1) is 7.96. The topological polar surface area (TPSA) is 24.7 Å². The molecule has 12 heavy (non-hydrogen) atoms. The van der Waals surface area contributed by atoms with Crippen molar-refractivity contribution in [1.82, 2.24) is 0 Å². The Bertz CT molecular complexity index is 214. The van der Waals surface area contributed by atoms with E-state index in [0.717, 1.165) is 11.4 Å². The molecule has 0 N–H and O–H groups in total. The quantitative estimate of drug-likeness (QED) is 0.524. The number of nitrogens with zero attached hydrogens (tertiary/aromatic N) is 2. The molecule has 0 spiro atoms. The highest BCUT2D eigenvalue weighted by atomic mass is 15.0. The molecule has 0 bridgehead atoms. The number of hydrogen-bond donors (Lipinski definition) is 0. The molecule has 0 aromatic heterocycles.